The molecule has 0 saturated heterocycles. The van der Waals surface area contributed by atoms with Gasteiger partial charge in [0, 0.05) is 14.1 Å². The zero-order chi connectivity index (χ0) is 9.59. The van der Waals surface area contributed by atoms with E-state index in [0.717, 1.165) is 4.57 Å². The molecule has 0 amide bonds. The Kier molecular flexibility index (Phi) is 2.98. The molecule has 0 atom stereocenters. The molecule has 0 saturated carbocycles. The van der Waals surface area contributed by atoms with Crippen molar-refractivity contribution in [2.75, 3.05) is 0 Å². The fourth-order valence-electron chi connectivity index (χ4n) is 1.27. The standard InChI is InChI=1S/C7H8N4O2.Na.H/c1-10-5-4(8-3-9-5)6(12)11(2)7(10)13;;/h3H,1-2H3,(H,8,9);;. The third kappa shape index (κ3) is 1.35. The number of rotatable bonds is 0. The Labute approximate surface area is 101 Å². The van der Waals surface area contributed by atoms with Gasteiger partial charge in [0.2, 0.25) is 0 Å². The molecule has 0 bridgehead atoms. The van der Waals surface area contributed by atoms with Gasteiger partial charge in [0.25, 0.3) is 5.56 Å². The summed E-state index contributed by atoms with van der Waals surface area (Å²) in [6.45, 7) is 0. The van der Waals surface area contributed by atoms with Crippen molar-refractivity contribution < 1.29 is 0 Å². The molecule has 0 spiro atoms. The van der Waals surface area contributed by atoms with Crippen LogP contribution in [0.1, 0.15) is 0 Å². The molecule has 2 heterocycles. The molecular formula is C7H9N4NaO2. The van der Waals surface area contributed by atoms with Gasteiger partial charge in [-0.15, -0.1) is 0 Å². The molecule has 0 aliphatic rings. The third-order valence-electron chi connectivity index (χ3n) is 2.03. The normalized spacial score (nSPS) is 10.1. The van der Waals surface area contributed by atoms with Gasteiger partial charge in [-0.25, -0.2) is 9.78 Å². The molecule has 6 nitrogen and oxygen atoms in total. The van der Waals surface area contributed by atoms with Crippen LogP contribution in [-0.4, -0.2) is 48.7 Å². The second-order valence-electron chi connectivity index (χ2n) is 2.81. The third-order valence-corrected chi connectivity index (χ3v) is 2.03. The molecular weight excluding hydrogens is 195 g/mol. The zero-order valence-corrected chi connectivity index (χ0v) is 7.24. The van der Waals surface area contributed by atoms with Gasteiger partial charge >= 0.3 is 35.2 Å². The molecule has 2 rings (SSSR count). The molecule has 7 heteroatoms. The average molecular weight is 204 g/mol. The van der Waals surface area contributed by atoms with E-state index in [-0.39, 0.29) is 40.8 Å². The molecule has 0 aromatic carbocycles. The summed E-state index contributed by atoms with van der Waals surface area (Å²) in [4.78, 5) is 29.4. The van der Waals surface area contributed by atoms with Gasteiger partial charge in [-0.05, 0) is 0 Å². The summed E-state index contributed by atoms with van der Waals surface area (Å²) < 4.78 is 2.37. The first-order valence-electron chi connectivity index (χ1n) is 3.72. The summed E-state index contributed by atoms with van der Waals surface area (Å²) in [6.07, 6.45) is 1.39. The van der Waals surface area contributed by atoms with Gasteiger partial charge in [0.15, 0.2) is 5.65 Å². The van der Waals surface area contributed by atoms with Gasteiger partial charge in [-0.2, -0.15) is 0 Å². The fourth-order valence-corrected chi connectivity index (χ4v) is 1.27. The van der Waals surface area contributed by atoms with Crippen molar-refractivity contribution >= 4 is 40.7 Å². The predicted octanol–water partition coefficient (Wildman–Crippen LogP) is -1.69. The Bertz CT molecular complexity index is 579. The van der Waals surface area contributed by atoms with Crippen molar-refractivity contribution in [1.82, 2.24) is 19.1 Å². The molecule has 1 N–H and O–H groups in total. The van der Waals surface area contributed by atoms with Crippen LogP contribution in [0.4, 0.5) is 0 Å². The quantitative estimate of drug-likeness (QED) is 0.520. The maximum absolute atomic E-state index is 11.4. The van der Waals surface area contributed by atoms with Crippen molar-refractivity contribution in [2.45, 2.75) is 0 Å². The van der Waals surface area contributed by atoms with Crippen molar-refractivity contribution in [1.29, 1.82) is 0 Å². The second kappa shape index (κ2) is 3.72. The van der Waals surface area contributed by atoms with Gasteiger partial charge in [-0.3, -0.25) is 13.9 Å². The van der Waals surface area contributed by atoms with E-state index in [4.69, 9.17) is 0 Å². The van der Waals surface area contributed by atoms with Crippen LogP contribution in [0, 0.1) is 0 Å². The zero-order valence-electron chi connectivity index (χ0n) is 7.24. The van der Waals surface area contributed by atoms with E-state index in [2.05, 4.69) is 9.97 Å². The molecule has 0 radical (unpaired) electrons. The first-order valence-corrected chi connectivity index (χ1v) is 3.72. The minimum atomic E-state index is -0.371. The van der Waals surface area contributed by atoms with E-state index in [1.165, 1.54) is 17.9 Å². The Morgan fingerprint density at radius 1 is 1.29 bits per heavy atom. The maximum atomic E-state index is 11.4. The summed E-state index contributed by atoms with van der Waals surface area (Å²) in [5.41, 5.74) is 0.0119. The number of imidazole rings is 1. The minimum absolute atomic E-state index is 0. The summed E-state index contributed by atoms with van der Waals surface area (Å²) in [5.74, 6) is 0. The first kappa shape index (κ1) is 11.2. The van der Waals surface area contributed by atoms with Crippen LogP contribution in [0.25, 0.3) is 11.2 Å². The number of hydrogen-bond donors (Lipinski definition) is 1. The molecule has 70 valence electrons. The van der Waals surface area contributed by atoms with E-state index < -0.39 is 0 Å². The average Bonchev–Trinajstić information content (AvgIpc) is 2.59. The molecule has 0 fully saturated rings. The van der Waals surface area contributed by atoms with Crippen LogP contribution in [0.15, 0.2) is 15.9 Å². The monoisotopic (exact) mass is 204 g/mol. The van der Waals surface area contributed by atoms with Gasteiger partial charge in [-0.1, -0.05) is 0 Å². The van der Waals surface area contributed by atoms with E-state index in [1.54, 1.807) is 7.05 Å². The number of nitrogens with one attached hydrogen (secondary N) is 1. The van der Waals surface area contributed by atoms with Crippen LogP contribution in [0.5, 0.6) is 0 Å². The van der Waals surface area contributed by atoms with Gasteiger partial charge < -0.3 is 4.98 Å². The summed E-state index contributed by atoms with van der Waals surface area (Å²) >= 11 is 0. The van der Waals surface area contributed by atoms with Gasteiger partial charge in [0.1, 0.15) is 5.52 Å². The summed E-state index contributed by atoms with van der Waals surface area (Å²) in [5, 5.41) is 0. The SMILES string of the molecule is Cn1c(=O)c2[nH]cnc2n(C)c1=O.[NaH]. The number of aromatic nitrogens is 4. The molecule has 2 aromatic heterocycles. The molecule has 0 aliphatic carbocycles. The first-order chi connectivity index (χ1) is 6.13. The summed E-state index contributed by atoms with van der Waals surface area (Å²) in [6, 6.07) is 0. The fraction of sp³-hybridized carbons (Fsp3) is 0.286. The number of fused-ring (bicyclic) bond motifs is 1. The molecule has 0 aliphatic heterocycles. The molecule has 0 unspecified atom stereocenters. The number of aryl methyl sites for hydroxylation is 1. The topological polar surface area (TPSA) is 72.7 Å². The molecule has 2 aromatic rings. The Balaban J connectivity index is 0.000000980. The van der Waals surface area contributed by atoms with E-state index in [0.29, 0.717) is 11.2 Å². The number of hydrogen-bond acceptors (Lipinski definition) is 3. The number of nitrogens with zero attached hydrogens (tertiary/aromatic N) is 3. The number of H-pyrrole nitrogens is 1. The Morgan fingerprint density at radius 2 is 1.93 bits per heavy atom. The van der Waals surface area contributed by atoms with Gasteiger partial charge in [0.05, 0.1) is 6.33 Å². The predicted molar refractivity (Wildman–Crippen MR) is 53.7 cm³/mol. The van der Waals surface area contributed by atoms with Crippen molar-refractivity contribution in [3.8, 4) is 0 Å². The van der Waals surface area contributed by atoms with Crippen LogP contribution in [-0.2, 0) is 14.1 Å². The molecule has 14 heavy (non-hydrogen) atoms. The van der Waals surface area contributed by atoms with E-state index in [9.17, 15) is 9.59 Å². The number of aromatic amines is 1. The Hall–Kier alpha value is -0.850. The summed E-state index contributed by atoms with van der Waals surface area (Å²) in [7, 11) is 3.01. The van der Waals surface area contributed by atoms with Crippen LogP contribution in [0.3, 0.4) is 0 Å². The van der Waals surface area contributed by atoms with Crippen LogP contribution < -0.4 is 11.2 Å². The van der Waals surface area contributed by atoms with Crippen LogP contribution >= 0.6 is 0 Å². The van der Waals surface area contributed by atoms with Crippen molar-refractivity contribution in [3.63, 3.8) is 0 Å². The Morgan fingerprint density at radius 3 is 2.57 bits per heavy atom. The second-order valence-corrected chi connectivity index (χ2v) is 2.81. The van der Waals surface area contributed by atoms with E-state index in [1.807, 2.05) is 0 Å². The van der Waals surface area contributed by atoms with Crippen molar-refractivity contribution in [3.05, 3.63) is 27.2 Å². The van der Waals surface area contributed by atoms with Crippen LogP contribution in [0.2, 0.25) is 0 Å². The van der Waals surface area contributed by atoms with E-state index >= 15 is 0 Å². The van der Waals surface area contributed by atoms with Crippen molar-refractivity contribution in [2.24, 2.45) is 14.1 Å².